The van der Waals surface area contributed by atoms with Crippen molar-refractivity contribution in [1.29, 1.82) is 0 Å². The van der Waals surface area contributed by atoms with E-state index in [1.165, 1.54) is 23.1 Å². The molecule has 1 rings (SSSR count). The first kappa shape index (κ1) is 7.98. The molecule has 0 saturated carbocycles. The second kappa shape index (κ2) is 2.86. The van der Waals surface area contributed by atoms with Gasteiger partial charge in [-0.05, 0) is 12.1 Å². The highest BCUT2D eigenvalue weighted by Gasteiger charge is 2.08. The van der Waals surface area contributed by atoms with E-state index in [0.29, 0.717) is 0 Å². The number of anilines is 1. The quantitative estimate of drug-likeness (QED) is 0.603. The van der Waals surface area contributed by atoms with Gasteiger partial charge in [-0.15, -0.1) is 0 Å². The van der Waals surface area contributed by atoms with Crippen LogP contribution in [0.15, 0.2) is 18.2 Å². The van der Waals surface area contributed by atoms with Crippen molar-refractivity contribution in [1.82, 2.24) is 0 Å². The van der Waals surface area contributed by atoms with Crippen LogP contribution in [0.1, 0.15) is 0 Å². The van der Waals surface area contributed by atoms with Crippen molar-refractivity contribution in [3.8, 4) is 0 Å². The predicted octanol–water partition coefficient (Wildman–Crippen LogP) is 2.03. The standard InChI is InChI=1S/C8H9F2N/c1-11(2)8-6(9)4-3-5-7(8)10/h3-5H,1-2H3. The molecule has 0 radical (unpaired) electrons. The third kappa shape index (κ3) is 1.48. The van der Waals surface area contributed by atoms with E-state index < -0.39 is 11.6 Å². The molecule has 0 bridgehead atoms. The van der Waals surface area contributed by atoms with Crippen LogP contribution >= 0.6 is 0 Å². The average molecular weight is 157 g/mol. The summed E-state index contributed by atoms with van der Waals surface area (Å²) in [5.41, 5.74) is 0.00694. The molecule has 0 unspecified atom stereocenters. The Morgan fingerprint density at radius 2 is 1.55 bits per heavy atom. The number of nitrogens with zero attached hydrogens (tertiary/aromatic N) is 1. The average Bonchev–Trinajstić information content (AvgIpc) is 1.85. The molecule has 0 fully saturated rings. The Kier molecular flexibility index (Phi) is 2.08. The highest BCUT2D eigenvalue weighted by Crippen LogP contribution is 2.19. The lowest BCUT2D eigenvalue weighted by Gasteiger charge is -2.13. The van der Waals surface area contributed by atoms with Gasteiger partial charge >= 0.3 is 0 Å². The Bertz CT molecular complexity index is 238. The normalized spacial score (nSPS) is 9.82. The van der Waals surface area contributed by atoms with Crippen LogP contribution in [0.2, 0.25) is 0 Å². The van der Waals surface area contributed by atoms with E-state index in [-0.39, 0.29) is 5.69 Å². The molecule has 1 nitrogen and oxygen atoms in total. The monoisotopic (exact) mass is 157 g/mol. The topological polar surface area (TPSA) is 3.24 Å². The zero-order valence-electron chi connectivity index (χ0n) is 6.44. The van der Waals surface area contributed by atoms with Gasteiger partial charge in [0.15, 0.2) is 0 Å². The maximum Gasteiger partial charge on any atom is 0.149 e. The molecule has 1 aromatic carbocycles. The number of benzene rings is 1. The van der Waals surface area contributed by atoms with Crippen LogP contribution in [0.3, 0.4) is 0 Å². The minimum atomic E-state index is -0.532. The third-order valence-electron chi connectivity index (χ3n) is 1.38. The Morgan fingerprint density at radius 3 is 1.82 bits per heavy atom. The molecule has 0 aliphatic carbocycles. The van der Waals surface area contributed by atoms with Crippen LogP contribution in [0.25, 0.3) is 0 Å². The molecule has 3 heteroatoms. The molecule has 1 aromatic rings. The fourth-order valence-corrected chi connectivity index (χ4v) is 0.916. The van der Waals surface area contributed by atoms with Crippen LogP contribution in [0.5, 0.6) is 0 Å². The van der Waals surface area contributed by atoms with Crippen LogP contribution in [0, 0.1) is 11.6 Å². The summed E-state index contributed by atoms with van der Waals surface area (Å²) in [7, 11) is 3.20. The summed E-state index contributed by atoms with van der Waals surface area (Å²) in [4.78, 5) is 1.41. The summed E-state index contributed by atoms with van der Waals surface area (Å²) in [6.07, 6.45) is 0. The summed E-state index contributed by atoms with van der Waals surface area (Å²) in [6.45, 7) is 0. The second-order valence-corrected chi connectivity index (χ2v) is 2.46. The Labute approximate surface area is 64.3 Å². The van der Waals surface area contributed by atoms with Crippen molar-refractivity contribution in [3.63, 3.8) is 0 Å². The van der Waals surface area contributed by atoms with Crippen molar-refractivity contribution < 1.29 is 8.78 Å². The zero-order chi connectivity index (χ0) is 8.43. The van der Waals surface area contributed by atoms with Gasteiger partial charge in [-0.3, -0.25) is 0 Å². The predicted molar refractivity (Wildman–Crippen MR) is 40.7 cm³/mol. The molecule has 0 N–H and O–H groups in total. The van der Waals surface area contributed by atoms with Gasteiger partial charge < -0.3 is 4.90 Å². The van der Waals surface area contributed by atoms with E-state index in [9.17, 15) is 8.78 Å². The van der Waals surface area contributed by atoms with Crippen molar-refractivity contribution in [2.24, 2.45) is 0 Å². The fraction of sp³-hybridized carbons (Fsp3) is 0.250. The highest BCUT2D eigenvalue weighted by atomic mass is 19.1. The molecule has 0 amide bonds. The van der Waals surface area contributed by atoms with Gasteiger partial charge in [-0.25, -0.2) is 8.78 Å². The van der Waals surface area contributed by atoms with Gasteiger partial charge in [0.2, 0.25) is 0 Å². The van der Waals surface area contributed by atoms with Crippen molar-refractivity contribution in [2.75, 3.05) is 19.0 Å². The molecule has 0 atom stereocenters. The van der Waals surface area contributed by atoms with Crippen LogP contribution in [0.4, 0.5) is 14.5 Å². The number of rotatable bonds is 1. The molecule has 0 heterocycles. The maximum absolute atomic E-state index is 12.8. The Morgan fingerprint density at radius 1 is 1.09 bits per heavy atom. The first-order valence-corrected chi connectivity index (χ1v) is 3.24. The summed E-state index contributed by atoms with van der Waals surface area (Å²) in [6, 6.07) is 3.81. The smallest absolute Gasteiger partial charge is 0.149 e. The molecule has 0 saturated heterocycles. The van der Waals surface area contributed by atoms with Gasteiger partial charge in [-0.2, -0.15) is 0 Å². The first-order chi connectivity index (χ1) is 5.13. The van der Waals surface area contributed by atoms with Crippen molar-refractivity contribution in [3.05, 3.63) is 29.8 Å². The van der Waals surface area contributed by atoms with Crippen molar-refractivity contribution >= 4 is 5.69 Å². The van der Waals surface area contributed by atoms with E-state index in [0.717, 1.165) is 0 Å². The summed E-state index contributed by atoms with van der Waals surface area (Å²) in [5.74, 6) is -1.06. The number of para-hydroxylation sites is 1. The molecule has 0 aromatic heterocycles. The Hall–Kier alpha value is -1.12. The molecule has 11 heavy (non-hydrogen) atoms. The summed E-state index contributed by atoms with van der Waals surface area (Å²) in [5, 5.41) is 0. The lowest BCUT2D eigenvalue weighted by atomic mass is 10.3. The maximum atomic E-state index is 12.8. The lowest BCUT2D eigenvalue weighted by molar-refractivity contribution is 0.582. The van der Waals surface area contributed by atoms with Gasteiger partial charge in [-0.1, -0.05) is 6.07 Å². The molecular weight excluding hydrogens is 148 g/mol. The molecule has 0 aliphatic rings. The number of hydrogen-bond acceptors (Lipinski definition) is 1. The minimum Gasteiger partial charge on any atom is -0.373 e. The van der Waals surface area contributed by atoms with E-state index in [4.69, 9.17) is 0 Å². The van der Waals surface area contributed by atoms with Gasteiger partial charge in [0.1, 0.15) is 17.3 Å². The Balaban J connectivity index is 3.21. The molecule has 0 aliphatic heterocycles. The lowest BCUT2D eigenvalue weighted by Crippen LogP contribution is -2.12. The van der Waals surface area contributed by atoms with E-state index in [1.54, 1.807) is 14.1 Å². The number of hydrogen-bond donors (Lipinski definition) is 0. The first-order valence-electron chi connectivity index (χ1n) is 3.24. The van der Waals surface area contributed by atoms with E-state index in [2.05, 4.69) is 0 Å². The zero-order valence-corrected chi connectivity index (χ0v) is 6.44. The second-order valence-electron chi connectivity index (χ2n) is 2.46. The van der Waals surface area contributed by atoms with Gasteiger partial charge in [0.25, 0.3) is 0 Å². The van der Waals surface area contributed by atoms with E-state index in [1.807, 2.05) is 0 Å². The summed E-state index contributed by atoms with van der Waals surface area (Å²) < 4.78 is 25.6. The number of halogens is 2. The SMILES string of the molecule is CN(C)c1c(F)cccc1F. The minimum absolute atomic E-state index is 0.00694. The van der Waals surface area contributed by atoms with E-state index >= 15 is 0 Å². The van der Waals surface area contributed by atoms with Gasteiger partial charge in [0, 0.05) is 14.1 Å². The van der Waals surface area contributed by atoms with Crippen LogP contribution in [-0.2, 0) is 0 Å². The molecule has 0 spiro atoms. The van der Waals surface area contributed by atoms with Crippen molar-refractivity contribution in [2.45, 2.75) is 0 Å². The van der Waals surface area contributed by atoms with Crippen LogP contribution in [-0.4, -0.2) is 14.1 Å². The molecular formula is C8H9F2N. The van der Waals surface area contributed by atoms with Gasteiger partial charge in [0.05, 0.1) is 0 Å². The summed E-state index contributed by atoms with van der Waals surface area (Å²) >= 11 is 0. The van der Waals surface area contributed by atoms with Crippen LogP contribution < -0.4 is 4.90 Å². The largest absolute Gasteiger partial charge is 0.373 e. The third-order valence-corrected chi connectivity index (χ3v) is 1.38. The highest BCUT2D eigenvalue weighted by molar-refractivity contribution is 5.47. The fourth-order valence-electron chi connectivity index (χ4n) is 0.916. The molecule has 60 valence electrons.